The number of hydrogen-bond donors (Lipinski definition) is 3. The number of carbonyl (C=O) groups is 2. The van der Waals surface area contributed by atoms with E-state index >= 15 is 0 Å². The van der Waals surface area contributed by atoms with Crippen molar-refractivity contribution in [3.63, 3.8) is 0 Å². The fraction of sp³-hybridized carbons (Fsp3) is 0.610. The summed E-state index contributed by atoms with van der Waals surface area (Å²) < 4.78 is 32.3. The van der Waals surface area contributed by atoms with Gasteiger partial charge in [0.1, 0.15) is 12.2 Å². The highest BCUT2D eigenvalue weighted by molar-refractivity contribution is 7.47. The van der Waals surface area contributed by atoms with Crippen molar-refractivity contribution in [3.8, 4) is 0 Å². The highest BCUT2D eigenvalue weighted by atomic mass is 31.2. The van der Waals surface area contributed by atoms with E-state index in [1.165, 1.54) is 12.8 Å². The van der Waals surface area contributed by atoms with Crippen LogP contribution in [0.2, 0.25) is 0 Å². The highest BCUT2D eigenvalue weighted by Crippen LogP contribution is 2.43. The van der Waals surface area contributed by atoms with E-state index in [1.807, 2.05) is 18.2 Å². The van der Waals surface area contributed by atoms with Crippen molar-refractivity contribution in [3.05, 3.63) is 85.1 Å². The molecule has 296 valence electrons. The van der Waals surface area contributed by atoms with Crippen LogP contribution in [0.4, 0.5) is 0 Å². The van der Waals surface area contributed by atoms with Crippen molar-refractivity contribution < 1.29 is 47.8 Å². The summed E-state index contributed by atoms with van der Waals surface area (Å²) in [4.78, 5) is 34.3. The molecular formula is C41H67O10P. The smallest absolute Gasteiger partial charge is 0.457 e. The molecule has 11 heteroatoms. The van der Waals surface area contributed by atoms with Gasteiger partial charge in [0.25, 0.3) is 0 Å². The summed E-state index contributed by atoms with van der Waals surface area (Å²) in [6, 6.07) is 0. The third kappa shape index (κ3) is 34.2. The maximum atomic E-state index is 12.3. The molecule has 0 aliphatic heterocycles. The minimum atomic E-state index is -4.66. The van der Waals surface area contributed by atoms with Crippen molar-refractivity contribution >= 4 is 19.8 Å². The van der Waals surface area contributed by atoms with Gasteiger partial charge in [-0.15, -0.1) is 0 Å². The van der Waals surface area contributed by atoms with Crippen LogP contribution in [-0.4, -0.2) is 65.7 Å². The van der Waals surface area contributed by atoms with Crippen LogP contribution in [0.25, 0.3) is 0 Å². The van der Waals surface area contributed by atoms with Crippen molar-refractivity contribution in [2.45, 2.75) is 135 Å². The normalized spacial score (nSPS) is 14.9. The summed E-state index contributed by atoms with van der Waals surface area (Å²) in [7, 11) is -4.66. The van der Waals surface area contributed by atoms with Gasteiger partial charge in [0.15, 0.2) is 0 Å². The summed E-state index contributed by atoms with van der Waals surface area (Å²) in [5.74, 6) is -1.18. The first-order valence-electron chi connectivity index (χ1n) is 19.0. The molecule has 0 spiro atoms. The molecule has 0 saturated carbocycles. The van der Waals surface area contributed by atoms with E-state index in [0.29, 0.717) is 12.8 Å². The zero-order valence-corrected chi connectivity index (χ0v) is 32.6. The lowest BCUT2D eigenvalue weighted by molar-refractivity contribution is -0.153. The Hall–Kier alpha value is -2.85. The van der Waals surface area contributed by atoms with Crippen LogP contribution in [0, 0.1) is 0 Å². The molecule has 0 aliphatic rings. The molecule has 0 saturated heterocycles. The monoisotopic (exact) mass is 750 g/mol. The second-order valence-electron chi connectivity index (χ2n) is 12.2. The van der Waals surface area contributed by atoms with Gasteiger partial charge >= 0.3 is 19.8 Å². The summed E-state index contributed by atoms with van der Waals surface area (Å²) in [5, 5.41) is 19.1. The Kier molecular flexibility index (Phi) is 34.5. The number of phosphoric acid groups is 1. The predicted molar refractivity (Wildman–Crippen MR) is 209 cm³/mol. The SMILES string of the molecule is CC/C=C\C/C=C\C/C=C\C/C=C\C/C=C\CC(=O)OC(CO)COP(=O)(O)OCC(CO)OC(=O)CCCCCCC/C=C\C/C=C\CCCC. The Balaban J connectivity index is 4.14. The van der Waals surface area contributed by atoms with E-state index < -0.39 is 58.4 Å². The third-order valence-electron chi connectivity index (χ3n) is 7.37. The number of aliphatic hydroxyl groups excluding tert-OH is 2. The van der Waals surface area contributed by atoms with Crippen molar-refractivity contribution in [1.29, 1.82) is 0 Å². The van der Waals surface area contributed by atoms with Crippen LogP contribution in [-0.2, 0) is 32.7 Å². The molecule has 52 heavy (non-hydrogen) atoms. The average Bonchev–Trinajstić information content (AvgIpc) is 3.13. The first-order valence-corrected chi connectivity index (χ1v) is 20.5. The molecule has 0 fully saturated rings. The van der Waals surface area contributed by atoms with Crippen LogP contribution < -0.4 is 0 Å². The number of ether oxygens (including phenoxy) is 2. The van der Waals surface area contributed by atoms with Gasteiger partial charge in [-0.05, 0) is 64.2 Å². The molecular weight excluding hydrogens is 683 g/mol. The number of hydrogen-bond acceptors (Lipinski definition) is 9. The zero-order valence-electron chi connectivity index (χ0n) is 31.7. The summed E-state index contributed by atoms with van der Waals surface area (Å²) in [5.41, 5.74) is 0. The quantitative estimate of drug-likeness (QED) is 0.0251. The molecule has 0 aromatic carbocycles. The standard InChI is InChI=1S/C41H67O10P/c1-3-5-7-9-11-13-15-17-19-21-23-25-27-29-31-33-41(45)51-39(35-43)37-49-52(46,47)48-36-38(34-42)50-40(44)32-30-28-26-24-22-20-18-16-14-12-10-8-6-4-2/h5,7,10-13,16-19,23,25,29,31,38-39,42-43H,3-4,6,8-9,14-15,20-22,24,26-28,30,32-37H2,1-2H3,(H,46,47)/b7-5-,12-10-,13-11-,18-16-,19-17-,25-23-,31-29-. The Bertz CT molecular complexity index is 1140. The van der Waals surface area contributed by atoms with E-state index in [0.717, 1.165) is 70.6 Å². The van der Waals surface area contributed by atoms with Crippen LogP contribution in [0.15, 0.2) is 85.1 Å². The molecule has 0 rings (SSSR count). The third-order valence-corrected chi connectivity index (χ3v) is 8.33. The van der Waals surface area contributed by atoms with Crippen LogP contribution in [0.3, 0.4) is 0 Å². The average molecular weight is 751 g/mol. The summed E-state index contributed by atoms with van der Waals surface area (Å²) >= 11 is 0. The molecule has 3 unspecified atom stereocenters. The van der Waals surface area contributed by atoms with Crippen LogP contribution in [0.1, 0.15) is 123 Å². The lowest BCUT2D eigenvalue weighted by Gasteiger charge is -2.20. The predicted octanol–water partition coefficient (Wildman–Crippen LogP) is 9.49. The molecule has 0 radical (unpaired) electrons. The van der Waals surface area contributed by atoms with E-state index in [-0.39, 0.29) is 12.8 Å². The van der Waals surface area contributed by atoms with Gasteiger partial charge in [0.05, 0.1) is 32.8 Å². The van der Waals surface area contributed by atoms with Crippen molar-refractivity contribution in [2.75, 3.05) is 26.4 Å². The number of esters is 2. The first-order chi connectivity index (χ1) is 25.3. The van der Waals surface area contributed by atoms with Gasteiger partial charge in [-0.3, -0.25) is 18.6 Å². The Morgan fingerprint density at radius 3 is 1.48 bits per heavy atom. The fourth-order valence-corrected chi connectivity index (χ4v) is 5.22. The first kappa shape index (κ1) is 49.1. The maximum Gasteiger partial charge on any atom is 0.472 e. The topological polar surface area (TPSA) is 149 Å². The van der Waals surface area contributed by atoms with Crippen molar-refractivity contribution in [1.82, 2.24) is 0 Å². The molecule has 0 amide bonds. The maximum absolute atomic E-state index is 12.3. The van der Waals surface area contributed by atoms with E-state index in [2.05, 4.69) is 74.6 Å². The van der Waals surface area contributed by atoms with Gasteiger partial charge in [0, 0.05) is 6.42 Å². The summed E-state index contributed by atoms with van der Waals surface area (Å²) in [6.07, 6.45) is 41.6. The van der Waals surface area contributed by atoms with E-state index in [4.69, 9.17) is 18.5 Å². The Morgan fingerprint density at radius 2 is 0.981 bits per heavy atom. The molecule has 0 aromatic heterocycles. The van der Waals surface area contributed by atoms with Gasteiger partial charge in [-0.2, -0.15) is 0 Å². The van der Waals surface area contributed by atoms with Crippen LogP contribution >= 0.6 is 7.82 Å². The number of allylic oxidation sites excluding steroid dienone is 13. The minimum Gasteiger partial charge on any atom is -0.457 e. The van der Waals surface area contributed by atoms with Gasteiger partial charge in [-0.25, -0.2) is 4.57 Å². The largest absolute Gasteiger partial charge is 0.472 e. The van der Waals surface area contributed by atoms with Crippen LogP contribution in [0.5, 0.6) is 0 Å². The number of aliphatic hydroxyl groups is 2. The second kappa shape index (κ2) is 36.5. The molecule has 0 heterocycles. The molecule has 0 aromatic rings. The second-order valence-corrected chi connectivity index (χ2v) is 13.6. The Morgan fingerprint density at radius 1 is 0.558 bits per heavy atom. The van der Waals surface area contributed by atoms with Gasteiger partial charge in [0.2, 0.25) is 0 Å². The van der Waals surface area contributed by atoms with E-state index in [1.54, 1.807) is 6.08 Å². The molecule has 3 atom stereocenters. The number of carbonyl (C=O) groups excluding carboxylic acids is 2. The lowest BCUT2D eigenvalue weighted by Crippen LogP contribution is -2.28. The van der Waals surface area contributed by atoms with E-state index in [9.17, 15) is 29.3 Å². The minimum absolute atomic E-state index is 0.0457. The molecule has 10 nitrogen and oxygen atoms in total. The molecule has 3 N–H and O–H groups in total. The number of phosphoric ester groups is 1. The number of rotatable bonds is 34. The van der Waals surface area contributed by atoms with Crippen molar-refractivity contribution in [2.24, 2.45) is 0 Å². The fourth-order valence-electron chi connectivity index (χ4n) is 4.44. The summed E-state index contributed by atoms with van der Waals surface area (Å²) in [6.45, 7) is 1.88. The molecule has 0 aliphatic carbocycles. The highest BCUT2D eigenvalue weighted by Gasteiger charge is 2.27. The van der Waals surface area contributed by atoms with Gasteiger partial charge < -0.3 is 24.6 Å². The Labute approximate surface area is 313 Å². The van der Waals surface area contributed by atoms with Gasteiger partial charge in [-0.1, -0.05) is 131 Å². The number of unbranched alkanes of at least 4 members (excludes halogenated alkanes) is 7. The zero-order chi connectivity index (χ0) is 38.4. The lowest BCUT2D eigenvalue weighted by atomic mass is 10.1. The molecule has 0 bridgehead atoms.